The van der Waals surface area contributed by atoms with E-state index in [4.69, 9.17) is 4.74 Å². The Bertz CT molecular complexity index is 408. The molecule has 1 fully saturated rings. The number of hydrogen-bond acceptors (Lipinski definition) is 2. The van der Waals surface area contributed by atoms with Crippen LogP contribution in [0.5, 0.6) is 0 Å². The SMILES string of the molecule is CCO/C=C(/[Te]c1ccccc1)C1(O)CCCCC1. The third-order valence-corrected chi connectivity index (χ3v) is 6.90. The van der Waals surface area contributed by atoms with E-state index in [9.17, 15) is 5.11 Å². The first-order valence-corrected chi connectivity index (χ1v) is 9.35. The van der Waals surface area contributed by atoms with Crippen molar-refractivity contribution in [1.82, 2.24) is 0 Å². The first-order chi connectivity index (χ1) is 9.24. The van der Waals surface area contributed by atoms with E-state index in [0.717, 1.165) is 29.3 Å². The van der Waals surface area contributed by atoms with Crippen LogP contribution >= 0.6 is 0 Å². The Morgan fingerprint density at radius 1 is 1.26 bits per heavy atom. The average Bonchev–Trinajstić information content (AvgIpc) is 2.45. The van der Waals surface area contributed by atoms with Crippen molar-refractivity contribution in [3.05, 3.63) is 40.2 Å². The monoisotopic (exact) mass is 376 g/mol. The summed E-state index contributed by atoms with van der Waals surface area (Å²) >= 11 is -0.543. The van der Waals surface area contributed by atoms with Gasteiger partial charge in [-0.25, -0.2) is 0 Å². The molecule has 3 heteroatoms. The minimum atomic E-state index is -0.606. The van der Waals surface area contributed by atoms with Crippen LogP contribution in [0.25, 0.3) is 0 Å². The van der Waals surface area contributed by atoms with Gasteiger partial charge < -0.3 is 0 Å². The maximum atomic E-state index is 10.9. The van der Waals surface area contributed by atoms with Crippen LogP contribution in [0.2, 0.25) is 0 Å². The Kier molecular flexibility index (Phi) is 5.75. The Morgan fingerprint density at radius 3 is 2.58 bits per heavy atom. The molecule has 2 nitrogen and oxygen atoms in total. The summed E-state index contributed by atoms with van der Waals surface area (Å²) in [7, 11) is 0. The van der Waals surface area contributed by atoms with Gasteiger partial charge in [0.05, 0.1) is 0 Å². The van der Waals surface area contributed by atoms with Crippen molar-refractivity contribution in [3.63, 3.8) is 0 Å². The van der Waals surface area contributed by atoms with Crippen molar-refractivity contribution >= 4 is 24.5 Å². The van der Waals surface area contributed by atoms with Crippen LogP contribution in [0.4, 0.5) is 0 Å². The van der Waals surface area contributed by atoms with Crippen LogP contribution < -0.4 is 3.61 Å². The molecule has 0 heterocycles. The zero-order valence-corrected chi connectivity index (χ0v) is 13.8. The number of aliphatic hydroxyl groups is 1. The zero-order chi connectivity index (χ0) is 13.6. The second kappa shape index (κ2) is 7.33. The van der Waals surface area contributed by atoms with Crippen LogP contribution in [-0.4, -0.2) is 38.2 Å². The fourth-order valence-electron chi connectivity index (χ4n) is 2.39. The summed E-state index contributed by atoms with van der Waals surface area (Å²) in [6.45, 7) is 2.66. The Labute approximate surface area is 125 Å². The van der Waals surface area contributed by atoms with E-state index >= 15 is 0 Å². The van der Waals surface area contributed by atoms with Gasteiger partial charge in [-0.3, -0.25) is 0 Å². The molecule has 1 saturated carbocycles. The van der Waals surface area contributed by atoms with Crippen molar-refractivity contribution < 1.29 is 9.84 Å². The predicted molar refractivity (Wildman–Crippen MR) is 79.6 cm³/mol. The molecule has 1 aromatic carbocycles. The van der Waals surface area contributed by atoms with Crippen molar-refractivity contribution in [1.29, 1.82) is 0 Å². The van der Waals surface area contributed by atoms with E-state index in [-0.39, 0.29) is 0 Å². The van der Waals surface area contributed by atoms with E-state index in [1.807, 2.05) is 19.3 Å². The Balaban J connectivity index is 2.16. The van der Waals surface area contributed by atoms with Gasteiger partial charge in [0.1, 0.15) is 0 Å². The van der Waals surface area contributed by atoms with Gasteiger partial charge in [0, 0.05) is 0 Å². The molecular weight excluding hydrogens is 352 g/mol. The van der Waals surface area contributed by atoms with Crippen LogP contribution in [0.3, 0.4) is 0 Å². The second-order valence-electron chi connectivity index (χ2n) is 4.94. The van der Waals surface area contributed by atoms with Gasteiger partial charge in [0.25, 0.3) is 0 Å². The van der Waals surface area contributed by atoms with Gasteiger partial charge in [-0.05, 0) is 0 Å². The van der Waals surface area contributed by atoms with Crippen LogP contribution in [0.1, 0.15) is 39.0 Å². The Morgan fingerprint density at radius 2 is 1.95 bits per heavy atom. The summed E-state index contributed by atoms with van der Waals surface area (Å²) in [6, 6.07) is 10.5. The van der Waals surface area contributed by atoms with Crippen LogP contribution in [-0.2, 0) is 4.74 Å². The van der Waals surface area contributed by atoms with Gasteiger partial charge in [0.2, 0.25) is 0 Å². The number of ether oxygens (including phenoxy) is 1. The molecular formula is C16H22O2Te. The molecule has 0 spiro atoms. The number of hydrogen-bond donors (Lipinski definition) is 1. The fraction of sp³-hybridized carbons (Fsp3) is 0.500. The summed E-state index contributed by atoms with van der Waals surface area (Å²) in [5, 5.41) is 10.9. The topological polar surface area (TPSA) is 29.5 Å². The van der Waals surface area contributed by atoms with Crippen molar-refractivity contribution in [3.8, 4) is 0 Å². The molecule has 1 aliphatic rings. The van der Waals surface area contributed by atoms with Crippen LogP contribution in [0.15, 0.2) is 40.2 Å². The molecule has 0 unspecified atom stereocenters. The standard InChI is InChI=1S/C16H22O2Te/c1-2-18-13-15(16(17)11-7-4-8-12-16)19-14-9-5-3-6-10-14/h3,5-6,9-10,13,17H,2,4,7-8,11-12H2,1H3/b15-13+. The van der Waals surface area contributed by atoms with E-state index < -0.39 is 26.5 Å². The van der Waals surface area contributed by atoms with E-state index in [1.54, 1.807) is 0 Å². The molecule has 0 aromatic heterocycles. The Hall–Kier alpha value is -0.490. The van der Waals surface area contributed by atoms with Crippen LogP contribution in [0, 0.1) is 0 Å². The number of rotatable bonds is 5. The van der Waals surface area contributed by atoms with E-state index in [2.05, 4.69) is 24.3 Å². The second-order valence-corrected chi connectivity index (χ2v) is 8.13. The molecule has 0 saturated heterocycles. The summed E-state index contributed by atoms with van der Waals surface area (Å²) in [5.41, 5.74) is -0.606. The molecule has 0 radical (unpaired) electrons. The maximum absolute atomic E-state index is 10.9. The first-order valence-electron chi connectivity index (χ1n) is 7.02. The molecule has 2 rings (SSSR count). The van der Waals surface area contributed by atoms with E-state index in [0.29, 0.717) is 6.61 Å². The van der Waals surface area contributed by atoms with Crippen molar-refractivity contribution in [2.75, 3.05) is 6.61 Å². The normalized spacial score (nSPS) is 19.2. The summed E-state index contributed by atoms with van der Waals surface area (Å²) in [6.07, 6.45) is 7.13. The van der Waals surface area contributed by atoms with E-state index in [1.165, 1.54) is 10.0 Å². The summed E-state index contributed by atoms with van der Waals surface area (Å²) < 4.78 is 8.01. The third-order valence-electron chi connectivity index (χ3n) is 3.47. The van der Waals surface area contributed by atoms with Gasteiger partial charge in [0.15, 0.2) is 0 Å². The quantitative estimate of drug-likeness (QED) is 0.635. The summed E-state index contributed by atoms with van der Waals surface area (Å²) in [5.74, 6) is 0. The predicted octanol–water partition coefficient (Wildman–Crippen LogP) is 2.59. The first kappa shape index (κ1) is 14.9. The zero-order valence-electron chi connectivity index (χ0n) is 11.5. The third kappa shape index (κ3) is 4.24. The molecule has 0 bridgehead atoms. The molecule has 0 atom stereocenters. The fourth-order valence-corrected chi connectivity index (χ4v) is 5.40. The molecule has 19 heavy (non-hydrogen) atoms. The van der Waals surface area contributed by atoms with Crippen molar-refractivity contribution in [2.45, 2.75) is 44.6 Å². The average molecular weight is 374 g/mol. The minimum absolute atomic E-state index is 0.543. The molecule has 0 amide bonds. The molecule has 1 N–H and O–H groups in total. The van der Waals surface area contributed by atoms with Gasteiger partial charge in [-0.2, -0.15) is 0 Å². The van der Waals surface area contributed by atoms with Crippen molar-refractivity contribution in [2.24, 2.45) is 0 Å². The molecule has 1 aromatic rings. The molecule has 104 valence electrons. The van der Waals surface area contributed by atoms with Gasteiger partial charge in [-0.1, -0.05) is 0 Å². The van der Waals surface area contributed by atoms with Gasteiger partial charge in [-0.15, -0.1) is 0 Å². The van der Waals surface area contributed by atoms with Gasteiger partial charge >= 0.3 is 126 Å². The molecule has 1 aliphatic carbocycles. The molecule has 0 aliphatic heterocycles. The summed E-state index contributed by atoms with van der Waals surface area (Å²) in [4.78, 5) is 0. The number of benzene rings is 1.